The third kappa shape index (κ3) is 4.14. The first-order valence-corrected chi connectivity index (χ1v) is 6.64. The maximum absolute atomic E-state index is 10.2. The first kappa shape index (κ1) is 14.2. The lowest BCUT2D eigenvalue weighted by Crippen LogP contribution is -2.26. The first-order chi connectivity index (χ1) is 8.20. The van der Waals surface area contributed by atoms with Gasteiger partial charge < -0.3 is 10.8 Å². The SMILES string of the molecule is CCCCCC(O)C(CN)c1ccccc1C. The summed E-state index contributed by atoms with van der Waals surface area (Å²) in [6, 6.07) is 8.20. The van der Waals surface area contributed by atoms with Crippen molar-refractivity contribution in [3.8, 4) is 0 Å². The molecule has 0 amide bonds. The molecule has 0 aliphatic rings. The average molecular weight is 235 g/mol. The maximum atomic E-state index is 10.2. The predicted molar refractivity (Wildman–Crippen MR) is 73.1 cm³/mol. The smallest absolute Gasteiger partial charge is 0.0621 e. The van der Waals surface area contributed by atoms with Crippen LogP contribution in [0.4, 0.5) is 0 Å². The van der Waals surface area contributed by atoms with Gasteiger partial charge in [0.25, 0.3) is 0 Å². The van der Waals surface area contributed by atoms with Crippen molar-refractivity contribution >= 4 is 0 Å². The summed E-state index contributed by atoms with van der Waals surface area (Å²) in [5, 5.41) is 10.2. The monoisotopic (exact) mass is 235 g/mol. The van der Waals surface area contributed by atoms with Crippen molar-refractivity contribution in [2.45, 2.75) is 51.6 Å². The molecule has 17 heavy (non-hydrogen) atoms. The second-order valence-electron chi connectivity index (χ2n) is 4.76. The fourth-order valence-corrected chi connectivity index (χ4v) is 2.30. The van der Waals surface area contributed by atoms with Crippen LogP contribution in [0.3, 0.4) is 0 Å². The largest absolute Gasteiger partial charge is 0.392 e. The van der Waals surface area contributed by atoms with Crippen molar-refractivity contribution in [3.05, 3.63) is 35.4 Å². The molecule has 1 aromatic rings. The maximum Gasteiger partial charge on any atom is 0.0621 e. The molecule has 2 heteroatoms. The van der Waals surface area contributed by atoms with E-state index in [1.807, 2.05) is 12.1 Å². The van der Waals surface area contributed by atoms with E-state index in [0.29, 0.717) is 6.54 Å². The van der Waals surface area contributed by atoms with Crippen molar-refractivity contribution < 1.29 is 5.11 Å². The molecule has 2 atom stereocenters. The van der Waals surface area contributed by atoms with Crippen molar-refractivity contribution in [1.82, 2.24) is 0 Å². The molecule has 2 unspecified atom stereocenters. The summed E-state index contributed by atoms with van der Waals surface area (Å²) in [5.41, 5.74) is 8.23. The molecule has 3 N–H and O–H groups in total. The van der Waals surface area contributed by atoms with Gasteiger partial charge in [0, 0.05) is 12.5 Å². The molecule has 0 aliphatic carbocycles. The van der Waals surface area contributed by atoms with Crippen molar-refractivity contribution in [2.75, 3.05) is 6.54 Å². The van der Waals surface area contributed by atoms with Crippen LogP contribution >= 0.6 is 0 Å². The van der Waals surface area contributed by atoms with Crippen LogP contribution in [-0.2, 0) is 0 Å². The molecule has 0 aliphatic heterocycles. The molecule has 0 radical (unpaired) electrons. The van der Waals surface area contributed by atoms with E-state index in [9.17, 15) is 5.11 Å². The van der Waals surface area contributed by atoms with Gasteiger partial charge in [-0.05, 0) is 24.5 Å². The second-order valence-corrected chi connectivity index (χ2v) is 4.76. The van der Waals surface area contributed by atoms with E-state index in [4.69, 9.17) is 5.73 Å². The molecule has 0 aromatic heterocycles. The van der Waals surface area contributed by atoms with E-state index in [-0.39, 0.29) is 12.0 Å². The Bertz CT molecular complexity index is 324. The molecule has 0 spiro atoms. The lowest BCUT2D eigenvalue weighted by atomic mass is 9.88. The van der Waals surface area contributed by atoms with E-state index in [1.54, 1.807) is 0 Å². The number of aryl methyl sites for hydroxylation is 1. The third-order valence-electron chi connectivity index (χ3n) is 3.41. The minimum Gasteiger partial charge on any atom is -0.392 e. The highest BCUT2D eigenvalue weighted by Gasteiger charge is 2.20. The van der Waals surface area contributed by atoms with Crippen LogP contribution in [0.15, 0.2) is 24.3 Å². The van der Waals surface area contributed by atoms with Crippen LogP contribution in [0.5, 0.6) is 0 Å². The number of hydrogen-bond acceptors (Lipinski definition) is 2. The predicted octanol–water partition coefficient (Wildman–Crippen LogP) is 2.98. The highest BCUT2D eigenvalue weighted by atomic mass is 16.3. The van der Waals surface area contributed by atoms with Gasteiger partial charge in [0.15, 0.2) is 0 Å². The Labute approximate surface area is 105 Å². The van der Waals surface area contributed by atoms with Crippen LogP contribution in [0, 0.1) is 6.92 Å². The summed E-state index contributed by atoms with van der Waals surface area (Å²) >= 11 is 0. The molecule has 2 nitrogen and oxygen atoms in total. The molecule has 0 fully saturated rings. The molecule has 0 bridgehead atoms. The molecule has 0 heterocycles. The summed E-state index contributed by atoms with van der Waals surface area (Å²) in [6.07, 6.45) is 3.99. The zero-order valence-corrected chi connectivity index (χ0v) is 11.0. The van der Waals surface area contributed by atoms with Crippen molar-refractivity contribution in [3.63, 3.8) is 0 Å². The summed E-state index contributed by atoms with van der Waals surface area (Å²) < 4.78 is 0. The van der Waals surface area contributed by atoms with Gasteiger partial charge in [-0.3, -0.25) is 0 Å². The number of unbranched alkanes of at least 4 members (excludes halogenated alkanes) is 2. The molecule has 1 rings (SSSR count). The van der Waals surface area contributed by atoms with Gasteiger partial charge in [-0.15, -0.1) is 0 Å². The minimum absolute atomic E-state index is 0.0769. The molecular weight excluding hydrogens is 210 g/mol. The van der Waals surface area contributed by atoms with Crippen LogP contribution in [0.2, 0.25) is 0 Å². The van der Waals surface area contributed by atoms with Gasteiger partial charge in [0.2, 0.25) is 0 Å². The zero-order valence-electron chi connectivity index (χ0n) is 11.0. The molecular formula is C15H25NO. The van der Waals surface area contributed by atoms with E-state index < -0.39 is 0 Å². The lowest BCUT2D eigenvalue weighted by molar-refractivity contribution is 0.132. The summed E-state index contributed by atoms with van der Waals surface area (Å²) in [4.78, 5) is 0. The normalized spacial score (nSPS) is 14.6. The van der Waals surface area contributed by atoms with Crippen LogP contribution in [-0.4, -0.2) is 17.8 Å². The zero-order chi connectivity index (χ0) is 12.7. The van der Waals surface area contributed by atoms with E-state index in [0.717, 1.165) is 12.8 Å². The van der Waals surface area contributed by atoms with Gasteiger partial charge in [-0.25, -0.2) is 0 Å². The van der Waals surface area contributed by atoms with Gasteiger partial charge in [-0.1, -0.05) is 50.5 Å². The van der Waals surface area contributed by atoms with E-state index >= 15 is 0 Å². The fraction of sp³-hybridized carbons (Fsp3) is 0.600. The number of hydrogen-bond donors (Lipinski definition) is 2. The summed E-state index contributed by atoms with van der Waals surface area (Å²) in [7, 11) is 0. The molecule has 96 valence electrons. The Morgan fingerprint density at radius 2 is 1.94 bits per heavy atom. The van der Waals surface area contributed by atoms with E-state index in [1.165, 1.54) is 24.0 Å². The van der Waals surface area contributed by atoms with Crippen molar-refractivity contribution in [1.29, 1.82) is 0 Å². The lowest BCUT2D eigenvalue weighted by Gasteiger charge is -2.23. The number of aliphatic hydroxyl groups excluding tert-OH is 1. The Morgan fingerprint density at radius 1 is 1.24 bits per heavy atom. The van der Waals surface area contributed by atoms with E-state index in [2.05, 4.69) is 26.0 Å². The number of benzene rings is 1. The standard InChI is InChI=1S/C15H25NO/c1-3-4-5-10-15(17)14(11-16)13-9-7-6-8-12(13)2/h6-9,14-15,17H,3-5,10-11,16H2,1-2H3. The molecule has 0 saturated heterocycles. The topological polar surface area (TPSA) is 46.2 Å². The second kappa shape index (κ2) is 7.46. The summed E-state index contributed by atoms with van der Waals surface area (Å²) in [5.74, 6) is 0.0769. The minimum atomic E-state index is -0.312. The van der Waals surface area contributed by atoms with Gasteiger partial charge >= 0.3 is 0 Å². The van der Waals surface area contributed by atoms with Crippen LogP contribution in [0.25, 0.3) is 0 Å². The van der Waals surface area contributed by atoms with Gasteiger partial charge in [0.05, 0.1) is 6.10 Å². The molecule has 0 saturated carbocycles. The first-order valence-electron chi connectivity index (χ1n) is 6.64. The quantitative estimate of drug-likeness (QED) is 0.714. The van der Waals surface area contributed by atoms with Crippen LogP contribution < -0.4 is 5.73 Å². The highest BCUT2D eigenvalue weighted by Crippen LogP contribution is 2.25. The Morgan fingerprint density at radius 3 is 2.53 bits per heavy atom. The van der Waals surface area contributed by atoms with Gasteiger partial charge in [-0.2, -0.15) is 0 Å². The van der Waals surface area contributed by atoms with Gasteiger partial charge in [0.1, 0.15) is 0 Å². The molecule has 1 aromatic carbocycles. The number of rotatable bonds is 7. The Hall–Kier alpha value is -0.860. The Balaban J connectivity index is 2.67. The third-order valence-corrected chi connectivity index (χ3v) is 3.41. The number of aliphatic hydroxyl groups is 1. The fourth-order valence-electron chi connectivity index (χ4n) is 2.30. The Kier molecular flexibility index (Phi) is 6.23. The highest BCUT2D eigenvalue weighted by molar-refractivity contribution is 5.30. The van der Waals surface area contributed by atoms with Crippen molar-refractivity contribution in [2.24, 2.45) is 5.73 Å². The van der Waals surface area contributed by atoms with Crippen LogP contribution in [0.1, 0.15) is 49.7 Å². The number of nitrogens with two attached hydrogens (primary N) is 1. The average Bonchev–Trinajstić information content (AvgIpc) is 2.33. The summed E-state index contributed by atoms with van der Waals surface area (Å²) in [6.45, 7) is 4.77.